The molecule has 0 radical (unpaired) electrons. The monoisotopic (exact) mass is 473 g/mol. The van der Waals surface area contributed by atoms with E-state index in [1.807, 2.05) is 12.1 Å². The average Bonchev–Trinajstić information content (AvgIpc) is 3.01. The average molecular weight is 474 g/mol. The maximum atomic E-state index is 12.8. The van der Waals surface area contributed by atoms with Gasteiger partial charge in [-0.25, -0.2) is 4.98 Å². The third kappa shape index (κ3) is 5.50. The van der Waals surface area contributed by atoms with Crippen molar-refractivity contribution in [2.75, 3.05) is 5.32 Å². The van der Waals surface area contributed by atoms with Crippen LogP contribution < -0.4 is 10.1 Å². The molecule has 0 unspecified atom stereocenters. The van der Waals surface area contributed by atoms with E-state index < -0.39 is 6.36 Å². The van der Waals surface area contributed by atoms with Crippen LogP contribution in [0.1, 0.15) is 78.3 Å². The molecule has 4 nitrogen and oxygen atoms in total. The molecule has 0 spiro atoms. The van der Waals surface area contributed by atoms with E-state index in [0.29, 0.717) is 17.4 Å². The molecule has 0 amide bonds. The molecule has 1 aliphatic carbocycles. The Bertz CT molecular complexity index is 1140. The van der Waals surface area contributed by atoms with Crippen LogP contribution in [-0.4, -0.2) is 15.9 Å². The Morgan fingerprint density at radius 1 is 1.00 bits per heavy atom. The van der Waals surface area contributed by atoms with Gasteiger partial charge in [0.15, 0.2) is 0 Å². The lowest BCUT2D eigenvalue weighted by Gasteiger charge is -2.45. The molecule has 0 bridgehead atoms. The first-order chi connectivity index (χ1) is 15.7. The summed E-state index contributed by atoms with van der Waals surface area (Å²) >= 11 is 0. The maximum Gasteiger partial charge on any atom is 0.573 e. The minimum absolute atomic E-state index is 0.137. The summed E-state index contributed by atoms with van der Waals surface area (Å²) in [5.74, 6) is 0.800. The number of imidazole rings is 1. The summed E-state index contributed by atoms with van der Waals surface area (Å²) in [6, 6.07) is 12.8. The predicted octanol–water partition coefficient (Wildman–Crippen LogP) is 8.58. The molecule has 1 fully saturated rings. The summed E-state index contributed by atoms with van der Waals surface area (Å²) in [7, 11) is 0. The minimum Gasteiger partial charge on any atom is -0.406 e. The smallest absolute Gasteiger partial charge is 0.406 e. The Kier molecular flexibility index (Phi) is 6.11. The number of benzene rings is 2. The Labute approximate surface area is 199 Å². The van der Waals surface area contributed by atoms with Crippen LogP contribution in [0.3, 0.4) is 0 Å². The zero-order chi connectivity index (χ0) is 24.9. The second kappa shape index (κ2) is 8.51. The molecule has 4 rings (SSSR count). The van der Waals surface area contributed by atoms with Crippen LogP contribution in [0.2, 0.25) is 0 Å². The Balaban J connectivity index is 1.78. The first-order valence-electron chi connectivity index (χ1n) is 11.9. The summed E-state index contributed by atoms with van der Waals surface area (Å²) in [4.78, 5) is 4.73. The molecule has 7 heteroatoms. The van der Waals surface area contributed by atoms with E-state index in [1.54, 1.807) is 6.07 Å². The number of nitrogens with zero attached hydrogens (tertiary/aromatic N) is 2. The summed E-state index contributed by atoms with van der Waals surface area (Å²) < 4.78 is 44.7. The van der Waals surface area contributed by atoms with Gasteiger partial charge in [-0.15, -0.1) is 13.2 Å². The zero-order valence-corrected chi connectivity index (χ0v) is 20.8. The van der Waals surface area contributed by atoms with Crippen LogP contribution in [0, 0.1) is 10.8 Å². The molecule has 0 saturated heterocycles. The first kappa shape index (κ1) is 24.4. The molecule has 1 N–H and O–H groups in total. The van der Waals surface area contributed by atoms with Crippen molar-refractivity contribution >= 4 is 22.7 Å². The van der Waals surface area contributed by atoms with E-state index in [1.165, 1.54) is 17.7 Å². The van der Waals surface area contributed by atoms with Gasteiger partial charge in [0.2, 0.25) is 5.95 Å². The highest BCUT2D eigenvalue weighted by molar-refractivity contribution is 5.81. The SMILES string of the molecule is CC(C)c1ccc(Nc2nc3cc(OC(F)(F)F)ccc3n2C2CC(C)(C)CC(C)(C)C2)cc1. The lowest BCUT2D eigenvalue weighted by Crippen LogP contribution is -2.35. The van der Waals surface area contributed by atoms with Gasteiger partial charge in [-0.2, -0.15) is 0 Å². The van der Waals surface area contributed by atoms with Crippen LogP contribution >= 0.6 is 0 Å². The van der Waals surface area contributed by atoms with E-state index >= 15 is 0 Å². The van der Waals surface area contributed by atoms with Crippen molar-refractivity contribution in [2.45, 2.75) is 79.1 Å². The van der Waals surface area contributed by atoms with Gasteiger partial charge in [0, 0.05) is 17.8 Å². The molecule has 1 saturated carbocycles. The van der Waals surface area contributed by atoms with E-state index in [0.717, 1.165) is 30.5 Å². The highest BCUT2D eigenvalue weighted by Crippen LogP contribution is 2.51. The number of aromatic nitrogens is 2. The van der Waals surface area contributed by atoms with Crippen molar-refractivity contribution in [3.8, 4) is 5.75 Å². The fourth-order valence-corrected chi connectivity index (χ4v) is 5.78. The second-order valence-electron chi connectivity index (χ2n) is 11.5. The molecule has 1 aliphatic rings. The number of anilines is 2. The van der Waals surface area contributed by atoms with Gasteiger partial charge in [-0.05, 0) is 65.8 Å². The minimum atomic E-state index is -4.74. The molecule has 1 heterocycles. The third-order valence-electron chi connectivity index (χ3n) is 6.63. The Morgan fingerprint density at radius 2 is 1.62 bits per heavy atom. The molecule has 0 aliphatic heterocycles. The molecule has 184 valence electrons. The van der Waals surface area contributed by atoms with Gasteiger partial charge < -0.3 is 14.6 Å². The molecular weight excluding hydrogens is 439 g/mol. The molecule has 3 aromatic rings. The number of hydrogen-bond donors (Lipinski definition) is 1. The van der Waals surface area contributed by atoms with Crippen molar-refractivity contribution in [1.29, 1.82) is 0 Å². The zero-order valence-electron chi connectivity index (χ0n) is 20.8. The number of ether oxygens (including phenoxy) is 1. The van der Waals surface area contributed by atoms with Gasteiger partial charge >= 0.3 is 6.36 Å². The second-order valence-corrected chi connectivity index (χ2v) is 11.5. The topological polar surface area (TPSA) is 39.1 Å². The lowest BCUT2D eigenvalue weighted by atomic mass is 9.63. The molecule has 0 atom stereocenters. The predicted molar refractivity (Wildman–Crippen MR) is 131 cm³/mol. The van der Waals surface area contributed by atoms with Crippen molar-refractivity contribution in [3.05, 3.63) is 48.0 Å². The molecular formula is C27H34F3N3O. The van der Waals surface area contributed by atoms with Crippen molar-refractivity contribution in [1.82, 2.24) is 9.55 Å². The number of hydrogen-bond acceptors (Lipinski definition) is 3. The maximum absolute atomic E-state index is 12.8. The van der Waals surface area contributed by atoms with E-state index in [-0.39, 0.29) is 22.6 Å². The third-order valence-corrected chi connectivity index (χ3v) is 6.63. The summed E-state index contributed by atoms with van der Waals surface area (Å²) in [6.07, 6.45) is -1.70. The van der Waals surface area contributed by atoms with Crippen LogP contribution in [0.4, 0.5) is 24.8 Å². The van der Waals surface area contributed by atoms with Crippen molar-refractivity contribution < 1.29 is 17.9 Å². The van der Waals surface area contributed by atoms with Gasteiger partial charge in [0.25, 0.3) is 0 Å². The standard InChI is InChI=1S/C27H34F3N3O/c1-17(2)18-7-9-19(10-8-18)31-24-32-22-13-21(34-27(28,29)30)11-12-23(22)33(24)20-14-25(3,4)16-26(5,6)15-20/h7-13,17,20H,14-16H2,1-6H3,(H,31,32). The van der Waals surface area contributed by atoms with Gasteiger partial charge in [-0.3, -0.25) is 0 Å². The summed E-state index contributed by atoms with van der Waals surface area (Å²) in [6.45, 7) is 13.4. The normalized spacial score (nSPS) is 18.4. The quantitative estimate of drug-likeness (QED) is 0.403. The molecule has 1 aromatic heterocycles. The number of nitrogens with one attached hydrogen (secondary N) is 1. The van der Waals surface area contributed by atoms with Gasteiger partial charge in [0.05, 0.1) is 11.0 Å². The first-order valence-corrected chi connectivity index (χ1v) is 11.9. The summed E-state index contributed by atoms with van der Waals surface area (Å²) in [5, 5.41) is 3.44. The number of halogens is 3. The van der Waals surface area contributed by atoms with Crippen LogP contribution in [0.15, 0.2) is 42.5 Å². The van der Waals surface area contributed by atoms with Crippen molar-refractivity contribution in [2.24, 2.45) is 10.8 Å². The largest absolute Gasteiger partial charge is 0.573 e. The van der Waals surface area contributed by atoms with Crippen LogP contribution in [-0.2, 0) is 0 Å². The van der Waals surface area contributed by atoms with E-state index in [2.05, 4.69) is 68.3 Å². The number of rotatable bonds is 5. The van der Waals surface area contributed by atoms with Crippen LogP contribution in [0.25, 0.3) is 11.0 Å². The molecule has 2 aromatic carbocycles. The fraction of sp³-hybridized carbons (Fsp3) is 0.519. The van der Waals surface area contributed by atoms with Gasteiger partial charge in [0.1, 0.15) is 5.75 Å². The number of fused-ring (bicyclic) bond motifs is 1. The van der Waals surface area contributed by atoms with Gasteiger partial charge in [-0.1, -0.05) is 53.7 Å². The van der Waals surface area contributed by atoms with E-state index in [9.17, 15) is 13.2 Å². The Hall–Kier alpha value is -2.70. The molecule has 34 heavy (non-hydrogen) atoms. The van der Waals surface area contributed by atoms with Crippen LogP contribution in [0.5, 0.6) is 5.75 Å². The summed E-state index contributed by atoms with van der Waals surface area (Å²) in [5.41, 5.74) is 3.68. The number of alkyl halides is 3. The fourth-order valence-electron chi connectivity index (χ4n) is 5.78. The highest BCUT2D eigenvalue weighted by atomic mass is 19.4. The lowest BCUT2D eigenvalue weighted by molar-refractivity contribution is -0.274. The Morgan fingerprint density at radius 3 is 2.18 bits per heavy atom. The highest BCUT2D eigenvalue weighted by Gasteiger charge is 2.40. The van der Waals surface area contributed by atoms with E-state index in [4.69, 9.17) is 4.98 Å². The van der Waals surface area contributed by atoms with Crippen molar-refractivity contribution in [3.63, 3.8) is 0 Å².